The van der Waals surface area contributed by atoms with Gasteiger partial charge >= 0.3 is 0 Å². The van der Waals surface area contributed by atoms with E-state index in [2.05, 4.69) is 5.32 Å². The Morgan fingerprint density at radius 2 is 1.65 bits per heavy atom. The molecule has 0 aromatic carbocycles. The van der Waals surface area contributed by atoms with Crippen molar-refractivity contribution in [1.29, 1.82) is 0 Å². The molecule has 116 valence electrons. The molecule has 0 radical (unpaired) electrons. The number of carbonyl (C=O) groups is 3. The Kier molecular flexibility index (Phi) is 6.80. The molecular formula is C9H15N3O7P-3. The van der Waals surface area contributed by atoms with E-state index in [4.69, 9.17) is 5.73 Å². The van der Waals surface area contributed by atoms with Gasteiger partial charge in [0.1, 0.15) is 6.04 Å². The summed E-state index contributed by atoms with van der Waals surface area (Å²) >= 11 is 0. The molecule has 2 amide bonds. The van der Waals surface area contributed by atoms with Crippen LogP contribution in [0.5, 0.6) is 0 Å². The molecule has 0 spiro atoms. The summed E-state index contributed by atoms with van der Waals surface area (Å²) in [5, 5.41) is 14.6. The van der Waals surface area contributed by atoms with Gasteiger partial charge in [-0.1, -0.05) is 7.60 Å². The number of hydrogen-bond donors (Lipinski definition) is 3. The largest absolute Gasteiger partial charge is 0.811 e. The van der Waals surface area contributed by atoms with Crippen LogP contribution in [0.4, 0.5) is 0 Å². The maximum atomic E-state index is 11.6. The molecule has 20 heavy (non-hydrogen) atoms. The molecule has 0 rings (SSSR count). The third kappa shape index (κ3) is 7.19. The van der Waals surface area contributed by atoms with Crippen molar-refractivity contribution in [2.24, 2.45) is 5.73 Å². The lowest BCUT2D eigenvalue weighted by Crippen LogP contribution is -2.56. The topological polar surface area (TPSA) is 188 Å². The third-order valence-electron chi connectivity index (χ3n) is 2.17. The highest BCUT2D eigenvalue weighted by Crippen LogP contribution is 2.23. The lowest BCUT2D eigenvalue weighted by Gasteiger charge is -2.34. The first-order valence-electron chi connectivity index (χ1n) is 5.52. The Labute approximate surface area is 114 Å². The molecule has 0 aliphatic heterocycles. The number of carbonyl (C=O) groups excluding carboxylic acids is 3. The lowest BCUT2D eigenvalue weighted by molar-refractivity contribution is -0.319. The maximum absolute atomic E-state index is 11.6. The summed E-state index contributed by atoms with van der Waals surface area (Å²) in [4.78, 5) is 54.4. The van der Waals surface area contributed by atoms with Gasteiger partial charge < -0.3 is 40.6 Å². The molecule has 10 nitrogen and oxygen atoms in total. The first kappa shape index (κ1) is 18.5. The zero-order valence-electron chi connectivity index (χ0n) is 10.8. The number of amides is 2. The highest BCUT2D eigenvalue weighted by atomic mass is 31.2. The van der Waals surface area contributed by atoms with E-state index in [0.717, 1.165) is 0 Å². The van der Waals surface area contributed by atoms with Crippen LogP contribution < -0.4 is 31.3 Å². The van der Waals surface area contributed by atoms with Gasteiger partial charge in [0.2, 0.25) is 11.8 Å². The normalized spacial score (nSPS) is 15.8. The van der Waals surface area contributed by atoms with Gasteiger partial charge in [0.25, 0.3) is 0 Å². The van der Waals surface area contributed by atoms with E-state index < -0.39 is 49.7 Å². The van der Waals surface area contributed by atoms with E-state index in [-0.39, 0.29) is 0 Å². The van der Waals surface area contributed by atoms with E-state index in [0.29, 0.717) is 0 Å². The number of carboxylic acid groups (broad SMARTS) is 1. The van der Waals surface area contributed by atoms with Crippen molar-refractivity contribution in [3.05, 3.63) is 0 Å². The number of hydrogen-bond acceptors (Lipinski definition) is 8. The van der Waals surface area contributed by atoms with Crippen molar-refractivity contribution < 1.29 is 33.8 Å². The zero-order valence-corrected chi connectivity index (χ0v) is 11.7. The fourth-order valence-corrected chi connectivity index (χ4v) is 1.80. The minimum Gasteiger partial charge on any atom is -0.811 e. The Morgan fingerprint density at radius 3 is 2.00 bits per heavy atom. The molecule has 3 atom stereocenters. The molecule has 0 saturated heterocycles. The molecule has 0 aliphatic rings. The van der Waals surface area contributed by atoms with Gasteiger partial charge in [0.15, 0.2) is 0 Å². The smallest absolute Gasteiger partial charge is 0.242 e. The summed E-state index contributed by atoms with van der Waals surface area (Å²) in [7, 11) is -5.15. The first-order chi connectivity index (χ1) is 8.94. The molecule has 4 N–H and O–H groups in total. The van der Waals surface area contributed by atoms with E-state index in [9.17, 15) is 33.8 Å². The van der Waals surface area contributed by atoms with E-state index in [1.54, 1.807) is 5.32 Å². The van der Waals surface area contributed by atoms with Crippen molar-refractivity contribution in [2.45, 2.75) is 32.0 Å². The van der Waals surface area contributed by atoms with Crippen molar-refractivity contribution in [2.75, 3.05) is 6.16 Å². The second kappa shape index (κ2) is 7.34. The van der Waals surface area contributed by atoms with Gasteiger partial charge in [0, 0.05) is 6.16 Å². The second-order valence-electron chi connectivity index (χ2n) is 4.19. The fraction of sp³-hybridized carbons (Fsp3) is 0.667. The van der Waals surface area contributed by atoms with E-state index in [1.165, 1.54) is 13.8 Å². The Bertz CT molecular complexity index is 433. The van der Waals surface area contributed by atoms with Crippen LogP contribution >= 0.6 is 7.60 Å². The Morgan fingerprint density at radius 1 is 1.15 bits per heavy atom. The van der Waals surface area contributed by atoms with Crippen LogP contribution in [0, 0.1) is 0 Å². The van der Waals surface area contributed by atoms with Gasteiger partial charge in [-0.3, -0.25) is 9.59 Å². The van der Waals surface area contributed by atoms with Gasteiger partial charge in [-0.05, 0) is 13.8 Å². The van der Waals surface area contributed by atoms with Crippen molar-refractivity contribution in [3.63, 3.8) is 0 Å². The summed E-state index contributed by atoms with van der Waals surface area (Å²) in [5.74, 6) is -3.56. The third-order valence-corrected chi connectivity index (χ3v) is 2.99. The number of aliphatic carboxylic acids is 1. The molecule has 0 aliphatic carbocycles. The molecular weight excluding hydrogens is 293 g/mol. The standard InChI is InChI=1S/C9H18N3O7P/c1-4(10)7(13)11-5(2)8(14)12-6(9(15)16)3-20(17,18)19/h4-6H,3,10H2,1-2H3,(H,11,13)(H,12,14)(H,15,16)(H2,17,18,19)/p-3. The number of nitrogens with one attached hydrogen (secondary N) is 2. The van der Waals surface area contributed by atoms with Crippen LogP contribution in [0.3, 0.4) is 0 Å². The van der Waals surface area contributed by atoms with Crippen molar-refractivity contribution >= 4 is 25.4 Å². The predicted octanol–water partition coefficient (Wildman–Crippen LogP) is -5.01. The molecule has 11 heteroatoms. The fourth-order valence-electron chi connectivity index (χ4n) is 1.11. The highest BCUT2D eigenvalue weighted by molar-refractivity contribution is 7.48. The quantitative estimate of drug-likeness (QED) is 0.389. The van der Waals surface area contributed by atoms with Crippen molar-refractivity contribution in [1.82, 2.24) is 10.6 Å². The average molecular weight is 308 g/mol. The predicted molar refractivity (Wildman–Crippen MR) is 60.7 cm³/mol. The SMILES string of the molecule is CC(N)C(=O)NC(C)C(=O)NC(CP(=O)([O-])[O-])C(=O)[O-]. The monoisotopic (exact) mass is 308 g/mol. The Balaban J connectivity index is 4.65. The molecule has 0 aromatic rings. The van der Waals surface area contributed by atoms with Gasteiger partial charge in [0.05, 0.1) is 18.1 Å². The molecule has 0 aromatic heterocycles. The van der Waals surface area contributed by atoms with Crippen LogP contribution in [-0.4, -0.2) is 42.1 Å². The molecule has 0 fully saturated rings. The lowest BCUT2D eigenvalue weighted by atomic mass is 10.2. The number of nitrogens with two attached hydrogens (primary N) is 1. The summed E-state index contributed by atoms with van der Waals surface area (Å²) < 4.78 is 10.5. The molecule has 3 unspecified atom stereocenters. The van der Waals surface area contributed by atoms with E-state index in [1.807, 2.05) is 0 Å². The average Bonchev–Trinajstić information content (AvgIpc) is 2.25. The summed E-state index contributed by atoms with van der Waals surface area (Å²) in [6.45, 7) is 2.60. The van der Waals surface area contributed by atoms with Gasteiger partial charge in [-0.15, -0.1) is 0 Å². The minimum absolute atomic E-state index is 0.657. The number of rotatable bonds is 7. The van der Waals surface area contributed by atoms with Crippen LogP contribution in [0.25, 0.3) is 0 Å². The minimum atomic E-state index is -5.15. The second-order valence-corrected chi connectivity index (χ2v) is 5.78. The summed E-state index contributed by atoms with van der Waals surface area (Å²) in [6, 6.07) is -4.03. The number of carboxylic acids is 1. The van der Waals surface area contributed by atoms with Crippen molar-refractivity contribution in [3.8, 4) is 0 Å². The molecule has 0 heterocycles. The van der Waals surface area contributed by atoms with Crippen LogP contribution in [0.15, 0.2) is 0 Å². The van der Waals surface area contributed by atoms with Crippen LogP contribution in [0.1, 0.15) is 13.8 Å². The summed E-state index contributed by atoms with van der Waals surface area (Å²) in [6.07, 6.45) is -1.32. The summed E-state index contributed by atoms with van der Waals surface area (Å²) in [5.41, 5.74) is 5.25. The Hall–Kier alpha value is -1.48. The van der Waals surface area contributed by atoms with Crippen LogP contribution in [0.2, 0.25) is 0 Å². The first-order valence-corrected chi connectivity index (χ1v) is 7.25. The molecule has 0 bridgehead atoms. The maximum Gasteiger partial charge on any atom is 0.242 e. The van der Waals surface area contributed by atoms with Gasteiger partial charge in [-0.2, -0.15) is 0 Å². The highest BCUT2D eigenvalue weighted by Gasteiger charge is 2.21. The molecule has 0 saturated carbocycles. The zero-order chi connectivity index (χ0) is 16.1. The van der Waals surface area contributed by atoms with E-state index >= 15 is 0 Å². The van der Waals surface area contributed by atoms with Gasteiger partial charge in [-0.25, -0.2) is 0 Å². The van der Waals surface area contributed by atoms with Crippen LogP contribution in [-0.2, 0) is 18.9 Å².